The number of benzene rings is 2. The van der Waals surface area contributed by atoms with Crippen LogP contribution in [0.1, 0.15) is 22.8 Å². The van der Waals surface area contributed by atoms with E-state index >= 15 is 0 Å². The normalized spacial score (nSPS) is 12.3. The molecule has 3 aromatic rings. The Morgan fingerprint density at radius 3 is 2.73 bits per heavy atom. The van der Waals surface area contributed by atoms with Crippen molar-refractivity contribution in [1.82, 2.24) is 5.32 Å². The molecule has 0 radical (unpaired) electrons. The van der Waals surface area contributed by atoms with Gasteiger partial charge in [0.2, 0.25) is 0 Å². The highest BCUT2D eigenvalue weighted by molar-refractivity contribution is 9.10. The van der Waals surface area contributed by atoms with Gasteiger partial charge in [0.1, 0.15) is 0 Å². The smallest absolute Gasteiger partial charge is 0.252 e. The van der Waals surface area contributed by atoms with E-state index in [4.69, 9.17) is 0 Å². The van der Waals surface area contributed by atoms with Gasteiger partial charge in [0.05, 0.1) is 5.56 Å². The molecule has 0 spiro atoms. The number of hydrogen-bond acceptors (Lipinski definition) is 2. The van der Waals surface area contributed by atoms with Gasteiger partial charge in [-0.15, -0.1) is 11.3 Å². The number of hydrogen-bond donors (Lipinski definition) is 1. The molecule has 2 nitrogen and oxygen atoms in total. The van der Waals surface area contributed by atoms with Crippen LogP contribution in [0.15, 0.2) is 58.4 Å². The van der Waals surface area contributed by atoms with Gasteiger partial charge >= 0.3 is 0 Å². The number of thiophene rings is 1. The summed E-state index contributed by atoms with van der Waals surface area (Å²) in [5, 5.41) is 6.55. The van der Waals surface area contributed by atoms with Crippen molar-refractivity contribution in [1.29, 1.82) is 0 Å². The summed E-state index contributed by atoms with van der Waals surface area (Å²) in [7, 11) is 0. The minimum absolute atomic E-state index is 0.0421. The average molecular weight is 374 g/mol. The van der Waals surface area contributed by atoms with E-state index < -0.39 is 0 Å². The Labute approximate surface area is 142 Å². The molecule has 1 heterocycles. The van der Waals surface area contributed by atoms with E-state index in [2.05, 4.69) is 50.9 Å². The van der Waals surface area contributed by atoms with E-state index in [0.717, 1.165) is 10.9 Å². The maximum atomic E-state index is 12.3. The largest absolute Gasteiger partial charge is 0.349 e. The van der Waals surface area contributed by atoms with Crippen LogP contribution < -0.4 is 5.32 Å². The Bertz CT molecular complexity index is 811. The molecule has 4 heteroatoms. The third-order valence-corrected chi connectivity index (χ3v) is 5.29. The molecule has 0 saturated heterocycles. The lowest BCUT2D eigenvalue weighted by Crippen LogP contribution is -2.34. The van der Waals surface area contributed by atoms with Crippen LogP contribution in [-0.4, -0.2) is 11.9 Å². The number of nitrogens with one attached hydrogen (secondary N) is 1. The molecule has 3 rings (SSSR count). The molecule has 0 bridgehead atoms. The maximum absolute atomic E-state index is 12.3. The monoisotopic (exact) mass is 373 g/mol. The van der Waals surface area contributed by atoms with Crippen LogP contribution in [0.25, 0.3) is 10.1 Å². The van der Waals surface area contributed by atoms with Crippen LogP contribution >= 0.6 is 27.3 Å². The molecule has 0 aliphatic rings. The molecule has 112 valence electrons. The number of amides is 1. The number of rotatable bonds is 4. The quantitative estimate of drug-likeness (QED) is 0.682. The van der Waals surface area contributed by atoms with Crippen LogP contribution in [0.5, 0.6) is 0 Å². The SMILES string of the molecule is C[C@H](Cc1csc2ccccc12)NC(=O)c1ccccc1Br. The van der Waals surface area contributed by atoms with E-state index in [1.165, 1.54) is 15.6 Å². The maximum Gasteiger partial charge on any atom is 0.252 e. The van der Waals surface area contributed by atoms with E-state index in [1.807, 2.05) is 31.2 Å². The van der Waals surface area contributed by atoms with Crippen molar-refractivity contribution >= 4 is 43.3 Å². The first kappa shape index (κ1) is 15.3. The Morgan fingerprint density at radius 1 is 1.18 bits per heavy atom. The Hall–Kier alpha value is -1.65. The number of halogens is 1. The van der Waals surface area contributed by atoms with Gasteiger partial charge in [0.25, 0.3) is 5.91 Å². The van der Waals surface area contributed by atoms with Gasteiger partial charge in [0, 0.05) is 15.2 Å². The third-order valence-electron chi connectivity index (χ3n) is 3.58. The Morgan fingerprint density at radius 2 is 1.91 bits per heavy atom. The predicted octanol–water partition coefficient (Wildman–Crippen LogP) is 5.02. The van der Waals surface area contributed by atoms with Crippen LogP contribution in [0.3, 0.4) is 0 Å². The van der Waals surface area contributed by atoms with Gasteiger partial charge in [-0.05, 0) is 63.8 Å². The van der Waals surface area contributed by atoms with E-state index in [1.54, 1.807) is 11.3 Å². The Kier molecular flexibility index (Phi) is 4.60. The fourth-order valence-corrected chi connectivity index (χ4v) is 3.96. The molecule has 1 N–H and O–H groups in total. The van der Waals surface area contributed by atoms with Crippen molar-refractivity contribution in [2.24, 2.45) is 0 Å². The van der Waals surface area contributed by atoms with Gasteiger partial charge in [-0.1, -0.05) is 30.3 Å². The zero-order chi connectivity index (χ0) is 15.5. The van der Waals surface area contributed by atoms with Crippen LogP contribution in [0.2, 0.25) is 0 Å². The summed E-state index contributed by atoms with van der Waals surface area (Å²) in [5.74, 6) is -0.0421. The zero-order valence-corrected chi connectivity index (χ0v) is 14.6. The number of carbonyl (C=O) groups is 1. The number of fused-ring (bicyclic) bond motifs is 1. The fraction of sp³-hybridized carbons (Fsp3) is 0.167. The lowest BCUT2D eigenvalue weighted by atomic mass is 10.1. The van der Waals surface area contributed by atoms with E-state index in [0.29, 0.717) is 5.56 Å². The van der Waals surface area contributed by atoms with Gasteiger partial charge in [0.15, 0.2) is 0 Å². The molecule has 0 aliphatic carbocycles. The van der Waals surface area contributed by atoms with Crippen molar-refractivity contribution in [2.75, 3.05) is 0 Å². The van der Waals surface area contributed by atoms with Crippen molar-refractivity contribution in [2.45, 2.75) is 19.4 Å². The summed E-state index contributed by atoms with van der Waals surface area (Å²) in [5.41, 5.74) is 1.96. The summed E-state index contributed by atoms with van der Waals surface area (Å²) in [6, 6.07) is 16.0. The molecule has 0 aliphatic heterocycles. The standard InChI is InChI=1S/C18H16BrNOS/c1-12(20-18(21)15-7-2-4-8-16(15)19)10-13-11-22-17-9-5-3-6-14(13)17/h2-9,11-12H,10H2,1H3,(H,20,21)/t12-/m1/s1. The van der Waals surface area contributed by atoms with E-state index in [-0.39, 0.29) is 11.9 Å². The van der Waals surface area contributed by atoms with Crippen molar-refractivity contribution < 1.29 is 4.79 Å². The molecule has 0 fully saturated rings. The van der Waals surface area contributed by atoms with Crippen LogP contribution in [0.4, 0.5) is 0 Å². The highest BCUT2D eigenvalue weighted by atomic mass is 79.9. The summed E-state index contributed by atoms with van der Waals surface area (Å²) in [6.45, 7) is 2.04. The topological polar surface area (TPSA) is 29.1 Å². The molecular weight excluding hydrogens is 358 g/mol. The lowest BCUT2D eigenvalue weighted by Gasteiger charge is -2.14. The Balaban J connectivity index is 1.71. The van der Waals surface area contributed by atoms with Gasteiger partial charge in [-0.2, -0.15) is 0 Å². The van der Waals surface area contributed by atoms with Crippen molar-refractivity contribution in [3.05, 3.63) is 69.5 Å². The first-order chi connectivity index (χ1) is 10.6. The summed E-state index contributed by atoms with van der Waals surface area (Å²) >= 11 is 5.17. The molecular formula is C18H16BrNOS. The first-order valence-corrected chi connectivity index (χ1v) is 8.83. The van der Waals surface area contributed by atoms with Crippen molar-refractivity contribution in [3.63, 3.8) is 0 Å². The minimum atomic E-state index is -0.0421. The van der Waals surface area contributed by atoms with Gasteiger partial charge in [-0.25, -0.2) is 0 Å². The number of carbonyl (C=O) groups excluding carboxylic acids is 1. The van der Waals surface area contributed by atoms with Gasteiger partial charge < -0.3 is 5.32 Å². The molecule has 0 saturated carbocycles. The van der Waals surface area contributed by atoms with Crippen LogP contribution in [-0.2, 0) is 6.42 Å². The highest BCUT2D eigenvalue weighted by Gasteiger charge is 2.14. The molecule has 0 unspecified atom stereocenters. The van der Waals surface area contributed by atoms with E-state index in [9.17, 15) is 4.79 Å². The molecule has 1 amide bonds. The first-order valence-electron chi connectivity index (χ1n) is 7.15. The molecule has 1 atom stereocenters. The fourth-order valence-electron chi connectivity index (χ4n) is 2.52. The minimum Gasteiger partial charge on any atom is -0.349 e. The summed E-state index contributed by atoms with van der Waals surface area (Å²) < 4.78 is 2.11. The predicted molar refractivity (Wildman–Crippen MR) is 96.6 cm³/mol. The lowest BCUT2D eigenvalue weighted by molar-refractivity contribution is 0.0939. The third kappa shape index (κ3) is 3.23. The zero-order valence-electron chi connectivity index (χ0n) is 12.2. The second-order valence-corrected chi connectivity index (χ2v) is 7.08. The molecule has 1 aromatic heterocycles. The molecule has 22 heavy (non-hydrogen) atoms. The average Bonchev–Trinajstić information content (AvgIpc) is 2.91. The summed E-state index contributed by atoms with van der Waals surface area (Å²) in [4.78, 5) is 12.3. The van der Waals surface area contributed by atoms with Crippen LogP contribution in [0, 0.1) is 0 Å². The molecule has 2 aromatic carbocycles. The second-order valence-electron chi connectivity index (χ2n) is 5.32. The second kappa shape index (κ2) is 6.63. The van der Waals surface area contributed by atoms with Gasteiger partial charge in [-0.3, -0.25) is 4.79 Å². The highest BCUT2D eigenvalue weighted by Crippen LogP contribution is 2.26. The van der Waals surface area contributed by atoms with Crippen molar-refractivity contribution in [3.8, 4) is 0 Å². The summed E-state index contributed by atoms with van der Waals surface area (Å²) in [6.07, 6.45) is 0.834.